The Balaban J connectivity index is 3.26. The first-order chi connectivity index (χ1) is 5.98. The molecule has 0 saturated carbocycles. The Morgan fingerprint density at radius 1 is 1.15 bits per heavy atom. The highest BCUT2D eigenvalue weighted by Gasteiger charge is 2.12. The molecule has 0 heterocycles. The summed E-state index contributed by atoms with van der Waals surface area (Å²) < 4.78 is 0. The van der Waals surface area contributed by atoms with Gasteiger partial charge in [-0.2, -0.15) is 0 Å². The summed E-state index contributed by atoms with van der Waals surface area (Å²) in [7, 11) is 0. The zero-order valence-electron chi connectivity index (χ0n) is 10.1. The van der Waals surface area contributed by atoms with Crippen LogP contribution >= 0.6 is 0 Å². The molecule has 0 aromatic carbocycles. The minimum absolute atomic E-state index is 0.331. The van der Waals surface area contributed by atoms with Gasteiger partial charge in [0.15, 0.2) is 0 Å². The molecule has 1 heteroatoms. The smallest absolute Gasteiger partial charge is 0.0122 e. The van der Waals surface area contributed by atoms with Gasteiger partial charge < -0.3 is 5.32 Å². The summed E-state index contributed by atoms with van der Waals surface area (Å²) >= 11 is 0. The predicted molar refractivity (Wildman–Crippen MR) is 61.1 cm³/mol. The van der Waals surface area contributed by atoms with Gasteiger partial charge >= 0.3 is 0 Å². The second kappa shape index (κ2) is 6.42. The molecule has 0 spiro atoms. The van der Waals surface area contributed by atoms with E-state index in [0.717, 1.165) is 5.92 Å². The second-order valence-corrected chi connectivity index (χ2v) is 5.05. The van der Waals surface area contributed by atoms with Crippen molar-refractivity contribution in [1.29, 1.82) is 0 Å². The minimum Gasteiger partial charge on any atom is -0.312 e. The van der Waals surface area contributed by atoms with Crippen LogP contribution in [0.3, 0.4) is 0 Å². The van der Waals surface area contributed by atoms with Gasteiger partial charge in [-0.25, -0.2) is 0 Å². The molecular weight excluding hydrogens is 158 g/mol. The summed E-state index contributed by atoms with van der Waals surface area (Å²) in [5.74, 6) is 0.860. The molecule has 0 aliphatic carbocycles. The highest BCUT2D eigenvalue weighted by molar-refractivity contribution is 4.74. The Morgan fingerprint density at radius 3 is 2.23 bits per heavy atom. The summed E-state index contributed by atoms with van der Waals surface area (Å²) in [6.07, 6.45) is 5.26. The van der Waals surface area contributed by atoms with Crippen LogP contribution in [-0.2, 0) is 0 Å². The van der Waals surface area contributed by atoms with Crippen molar-refractivity contribution in [2.75, 3.05) is 6.54 Å². The monoisotopic (exact) mass is 185 g/mol. The molecule has 80 valence electrons. The Labute approximate surface area is 84.3 Å². The second-order valence-electron chi connectivity index (χ2n) is 5.05. The SMILES string of the molecule is CCC(C)(C)NCCCCC(C)C. The summed E-state index contributed by atoms with van der Waals surface area (Å²) in [5, 5.41) is 3.58. The van der Waals surface area contributed by atoms with Crippen LogP contribution in [0.1, 0.15) is 60.3 Å². The zero-order chi connectivity index (χ0) is 10.3. The van der Waals surface area contributed by atoms with Gasteiger partial charge in [0.1, 0.15) is 0 Å². The van der Waals surface area contributed by atoms with Crippen LogP contribution in [0.25, 0.3) is 0 Å². The average molecular weight is 185 g/mol. The van der Waals surface area contributed by atoms with Crippen molar-refractivity contribution in [3.8, 4) is 0 Å². The van der Waals surface area contributed by atoms with Gasteiger partial charge in [0, 0.05) is 5.54 Å². The first-order valence-corrected chi connectivity index (χ1v) is 5.73. The molecule has 0 aliphatic rings. The van der Waals surface area contributed by atoms with Gasteiger partial charge in [-0.05, 0) is 39.2 Å². The minimum atomic E-state index is 0.331. The molecule has 1 N–H and O–H groups in total. The topological polar surface area (TPSA) is 12.0 Å². The fraction of sp³-hybridized carbons (Fsp3) is 1.00. The third kappa shape index (κ3) is 8.29. The molecule has 0 atom stereocenters. The molecule has 0 amide bonds. The van der Waals surface area contributed by atoms with E-state index in [-0.39, 0.29) is 0 Å². The summed E-state index contributed by atoms with van der Waals surface area (Å²) in [6, 6.07) is 0. The lowest BCUT2D eigenvalue weighted by molar-refractivity contribution is 0.368. The zero-order valence-corrected chi connectivity index (χ0v) is 10.1. The molecule has 0 fully saturated rings. The van der Waals surface area contributed by atoms with Crippen molar-refractivity contribution >= 4 is 0 Å². The molecule has 13 heavy (non-hydrogen) atoms. The standard InChI is InChI=1S/C12H27N/c1-6-12(4,5)13-10-8-7-9-11(2)3/h11,13H,6-10H2,1-5H3. The Hall–Kier alpha value is -0.0400. The molecule has 0 saturated heterocycles. The van der Waals surface area contributed by atoms with Gasteiger partial charge in [0.05, 0.1) is 0 Å². The third-order valence-electron chi connectivity index (χ3n) is 2.70. The number of unbranched alkanes of at least 4 members (excludes halogenated alkanes) is 1. The van der Waals surface area contributed by atoms with E-state index >= 15 is 0 Å². The third-order valence-corrected chi connectivity index (χ3v) is 2.70. The van der Waals surface area contributed by atoms with Crippen molar-refractivity contribution < 1.29 is 0 Å². The average Bonchev–Trinajstić information content (AvgIpc) is 2.03. The molecule has 0 radical (unpaired) electrons. The number of hydrogen-bond acceptors (Lipinski definition) is 1. The molecule has 0 aromatic rings. The first kappa shape index (κ1) is 13.0. The molecule has 0 aliphatic heterocycles. The Bertz CT molecular complexity index is 116. The largest absolute Gasteiger partial charge is 0.312 e. The summed E-state index contributed by atoms with van der Waals surface area (Å²) in [6.45, 7) is 12.5. The lowest BCUT2D eigenvalue weighted by Crippen LogP contribution is -2.38. The molecule has 0 unspecified atom stereocenters. The molecular formula is C12H27N. The van der Waals surface area contributed by atoms with Crippen LogP contribution in [0.15, 0.2) is 0 Å². The maximum atomic E-state index is 3.58. The van der Waals surface area contributed by atoms with E-state index in [1.807, 2.05) is 0 Å². The lowest BCUT2D eigenvalue weighted by atomic mass is 10.0. The normalized spacial score (nSPS) is 12.5. The van der Waals surface area contributed by atoms with Crippen LogP contribution in [-0.4, -0.2) is 12.1 Å². The lowest BCUT2D eigenvalue weighted by Gasteiger charge is -2.24. The van der Waals surface area contributed by atoms with E-state index in [9.17, 15) is 0 Å². The molecule has 1 nitrogen and oxygen atoms in total. The summed E-state index contributed by atoms with van der Waals surface area (Å²) in [5.41, 5.74) is 0.331. The van der Waals surface area contributed by atoms with Gasteiger partial charge in [-0.1, -0.05) is 33.6 Å². The van der Waals surface area contributed by atoms with E-state index in [2.05, 4.69) is 39.9 Å². The van der Waals surface area contributed by atoms with E-state index in [1.165, 1.54) is 32.2 Å². The van der Waals surface area contributed by atoms with Crippen molar-refractivity contribution in [2.24, 2.45) is 5.92 Å². The van der Waals surface area contributed by atoms with Gasteiger partial charge in [-0.3, -0.25) is 0 Å². The fourth-order valence-electron chi connectivity index (χ4n) is 1.23. The van der Waals surface area contributed by atoms with E-state index in [0.29, 0.717) is 5.54 Å². The van der Waals surface area contributed by atoms with Gasteiger partial charge in [0.25, 0.3) is 0 Å². The Morgan fingerprint density at radius 2 is 1.77 bits per heavy atom. The highest BCUT2D eigenvalue weighted by Crippen LogP contribution is 2.09. The number of hydrogen-bond donors (Lipinski definition) is 1. The van der Waals surface area contributed by atoms with Crippen LogP contribution in [0, 0.1) is 5.92 Å². The van der Waals surface area contributed by atoms with Crippen molar-refractivity contribution in [3.63, 3.8) is 0 Å². The van der Waals surface area contributed by atoms with Gasteiger partial charge in [0.2, 0.25) is 0 Å². The maximum Gasteiger partial charge on any atom is 0.0122 e. The van der Waals surface area contributed by atoms with Gasteiger partial charge in [-0.15, -0.1) is 0 Å². The van der Waals surface area contributed by atoms with E-state index in [4.69, 9.17) is 0 Å². The quantitative estimate of drug-likeness (QED) is 0.598. The van der Waals surface area contributed by atoms with E-state index in [1.54, 1.807) is 0 Å². The van der Waals surface area contributed by atoms with Crippen molar-refractivity contribution in [1.82, 2.24) is 5.32 Å². The summed E-state index contributed by atoms with van der Waals surface area (Å²) in [4.78, 5) is 0. The Kier molecular flexibility index (Phi) is 6.40. The first-order valence-electron chi connectivity index (χ1n) is 5.73. The molecule has 0 bridgehead atoms. The number of rotatable bonds is 7. The fourth-order valence-corrected chi connectivity index (χ4v) is 1.23. The highest BCUT2D eigenvalue weighted by atomic mass is 14.9. The van der Waals surface area contributed by atoms with Crippen molar-refractivity contribution in [3.05, 3.63) is 0 Å². The molecule has 0 aromatic heterocycles. The van der Waals surface area contributed by atoms with Crippen LogP contribution in [0.4, 0.5) is 0 Å². The van der Waals surface area contributed by atoms with Crippen LogP contribution < -0.4 is 5.32 Å². The van der Waals surface area contributed by atoms with Crippen LogP contribution in [0.2, 0.25) is 0 Å². The predicted octanol–water partition coefficient (Wildman–Crippen LogP) is 3.59. The van der Waals surface area contributed by atoms with Crippen LogP contribution in [0.5, 0.6) is 0 Å². The maximum absolute atomic E-state index is 3.58. The molecule has 0 rings (SSSR count). The number of nitrogens with one attached hydrogen (secondary N) is 1. The van der Waals surface area contributed by atoms with E-state index < -0.39 is 0 Å². The van der Waals surface area contributed by atoms with Crippen molar-refractivity contribution in [2.45, 2.75) is 65.8 Å².